The van der Waals surface area contributed by atoms with Crippen LogP contribution in [0.1, 0.15) is 0 Å². The summed E-state index contributed by atoms with van der Waals surface area (Å²) in [5.41, 5.74) is 1.48. The smallest absolute Gasteiger partial charge is 0.202 e. The molecule has 3 rings (SSSR count). The van der Waals surface area contributed by atoms with Gasteiger partial charge in [0, 0.05) is 20.2 Å². The van der Waals surface area contributed by atoms with Crippen LogP contribution in [0.4, 0.5) is 5.82 Å². The van der Waals surface area contributed by atoms with E-state index in [2.05, 4.69) is 9.97 Å². The molecule has 0 saturated heterocycles. The summed E-state index contributed by atoms with van der Waals surface area (Å²) < 4.78 is 5.50. The van der Waals surface area contributed by atoms with Crippen LogP contribution in [0.15, 0.2) is 52.1 Å². The van der Waals surface area contributed by atoms with Crippen molar-refractivity contribution in [2.24, 2.45) is 0 Å². The average molecular weight is 267 g/mol. The highest BCUT2D eigenvalue weighted by Crippen LogP contribution is 2.19. The summed E-state index contributed by atoms with van der Waals surface area (Å²) in [6.07, 6.45) is 2.89. The van der Waals surface area contributed by atoms with Crippen LogP contribution in [0.25, 0.3) is 22.2 Å². The van der Waals surface area contributed by atoms with E-state index in [1.54, 1.807) is 18.2 Å². The van der Waals surface area contributed by atoms with Gasteiger partial charge in [0.2, 0.25) is 5.43 Å². The van der Waals surface area contributed by atoms with Gasteiger partial charge >= 0.3 is 0 Å². The third-order valence-electron chi connectivity index (χ3n) is 3.07. The predicted molar refractivity (Wildman–Crippen MR) is 77.8 cm³/mol. The Kier molecular flexibility index (Phi) is 2.95. The number of hydrogen-bond donors (Lipinski definition) is 0. The molecule has 0 aliphatic heterocycles. The topological polar surface area (TPSA) is 59.2 Å². The maximum atomic E-state index is 12.5. The molecule has 0 saturated carbocycles. The molecule has 100 valence electrons. The molecule has 2 aromatic heterocycles. The Morgan fingerprint density at radius 2 is 1.95 bits per heavy atom. The number of fused-ring (bicyclic) bond motifs is 1. The molecule has 0 bridgehead atoms. The van der Waals surface area contributed by atoms with Crippen LogP contribution in [0.2, 0.25) is 0 Å². The zero-order valence-electron chi connectivity index (χ0n) is 11.2. The number of benzene rings is 1. The standard InChI is InChI=1S/C15H13N3O2/c1-18(2)14-7-12(16-9-17-14)11-8-20-13-6-4-3-5-10(13)15(11)19/h3-9H,1-2H3. The van der Waals surface area contributed by atoms with Crippen LogP contribution in [-0.4, -0.2) is 24.1 Å². The van der Waals surface area contributed by atoms with E-state index in [9.17, 15) is 4.79 Å². The normalized spacial score (nSPS) is 10.7. The second-order valence-corrected chi connectivity index (χ2v) is 4.63. The Bertz CT molecular complexity index is 824. The molecule has 20 heavy (non-hydrogen) atoms. The van der Waals surface area contributed by atoms with Gasteiger partial charge in [-0.1, -0.05) is 12.1 Å². The summed E-state index contributed by atoms with van der Waals surface area (Å²) in [6.45, 7) is 0. The van der Waals surface area contributed by atoms with Crippen molar-refractivity contribution in [3.8, 4) is 11.3 Å². The van der Waals surface area contributed by atoms with Crippen LogP contribution in [0.5, 0.6) is 0 Å². The predicted octanol–water partition coefficient (Wildman–Crippen LogP) is 2.32. The molecule has 0 aliphatic rings. The number of para-hydroxylation sites is 1. The molecule has 5 heteroatoms. The lowest BCUT2D eigenvalue weighted by Gasteiger charge is -2.11. The minimum atomic E-state index is -0.0877. The molecule has 0 aliphatic carbocycles. The van der Waals surface area contributed by atoms with Gasteiger partial charge in [-0.05, 0) is 12.1 Å². The Balaban J connectivity index is 2.22. The second kappa shape index (κ2) is 4.77. The maximum absolute atomic E-state index is 12.5. The van der Waals surface area contributed by atoms with Gasteiger partial charge in [0.05, 0.1) is 16.6 Å². The molecule has 2 heterocycles. The highest BCUT2D eigenvalue weighted by atomic mass is 16.3. The molecule has 3 aromatic rings. The van der Waals surface area contributed by atoms with Gasteiger partial charge in [-0.15, -0.1) is 0 Å². The highest BCUT2D eigenvalue weighted by molar-refractivity contribution is 5.80. The first-order valence-electron chi connectivity index (χ1n) is 6.17. The van der Waals surface area contributed by atoms with Gasteiger partial charge in [0.25, 0.3) is 0 Å². The van der Waals surface area contributed by atoms with Gasteiger partial charge in [-0.25, -0.2) is 9.97 Å². The van der Waals surface area contributed by atoms with Gasteiger partial charge in [0.1, 0.15) is 24.0 Å². The fraction of sp³-hybridized carbons (Fsp3) is 0.133. The van der Waals surface area contributed by atoms with Crippen molar-refractivity contribution in [3.63, 3.8) is 0 Å². The van der Waals surface area contributed by atoms with E-state index in [0.717, 1.165) is 5.82 Å². The summed E-state index contributed by atoms with van der Waals surface area (Å²) in [6, 6.07) is 8.93. The quantitative estimate of drug-likeness (QED) is 0.713. The van der Waals surface area contributed by atoms with Crippen molar-refractivity contribution in [1.82, 2.24) is 9.97 Å². The van der Waals surface area contributed by atoms with Gasteiger partial charge in [-0.2, -0.15) is 0 Å². The van der Waals surface area contributed by atoms with E-state index in [4.69, 9.17) is 4.42 Å². The Labute approximate surface area is 115 Å². The monoisotopic (exact) mass is 267 g/mol. The Hall–Kier alpha value is -2.69. The van der Waals surface area contributed by atoms with Crippen molar-refractivity contribution in [1.29, 1.82) is 0 Å². The van der Waals surface area contributed by atoms with Gasteiger partial charge in [0.15, 0.2) is 0 Å². The first-order chi connectivity index (χ1) is 9.66. The summed E-state index contributed by atoms with van der Waals surface area (Å²) >= 11 is 0. The zero-order chi connectivity index (χ0) is 14.1. The van der Waals surface area contributed by atoms with E-state index in [0.29, 0.717) is 22.2 Å². The SMILES string of the molecule is CN(C)c1cc(-c2coc3ccccc3c2=O)ncn1. The fourth-order valence-corrected chi connectivity index (χ4v) is 1.99. The van der Waals surface area contributed by atoms with Crippen molar-refractivity contribution in [2.75, 3.05) is 19.0 Å². The van der Waals surface area contributed by atoms with Crippen LogP contribution in [0, 0.1) is 0 Å². The Morgan fingerprint density at radius 1 is 1.15 bits per heavy atom. The third-order valence-corrected chi connectivity index (χ3v) is 3.07. The summed E-state index contributed by atoms with van der Waals surface area (Å²) in [7, 11) is 3.77. The van der Waals surface area contributed by atoms with Crippen molar-refractivity contribution >= 4 is 16.8 Å². The van der Waals surface area contributed by atoms with Gasteiger partial charge in [-0.3, -0.25) is 4.79 Å². The average Bonchev–Trinajstić information content (AvgIpc) is 2.48. The zero-order valence-corrected chi connectivity index (χ0v) is 11.2. The van der Waals surface area contributed by atoms with E-state index < -0.39 is 0 Å². The first-order valence-corrected chi connectivity index (χ1v) is 6.17. The van der Waals surface area contributed by atoms with Crippen LogP contribution >= 0.6 is 0 Å². The van der Waals surface area contributed by atoms with E-state index >= 15 is 0 Å². The molecule has 0 fully saturated rings. The summed E-state index contributed by atoms with van der Waals surface area (Å²) in [5.74, 6) is 0.738. The number of hydrogen-bond acceptors (Lipinski definition) is 5. The Morgan fingerprint density at radius 3 is 2.75 bits per heavy atom. The molecular weight excluding hydrogens is 254 g/mol. The van der Waals surface area contributed by atoms with E-state index in [-0.39, 0.29) is 5.43 Å². The molecule has 0 unspecified atom stereocenters. The number of aromatic nitrogens is 2. The molecule has 0 radical (unpaired) electrons. The maximum Gasteiger partial charge on any atom is 0.202 e. The summed E-state index contributed by atoms with van der Waals surface area (Å²) in [4.78, 5) is 22.6. The molecule has 5 nitrogen and oxygen atoms in total. The number of anilines is 1. The molecule has 0 atom stereocenters. The van der Waals surface area contributed by atoms with Crippen molar-refractivity contribution in [3.05, 3.63) is 53.1 Å². The lowest BCUT2D eigenvalue weighted by atomic mass is 10.1. The van der Waals surface area contributed by atoms with E-state index in [1.165, 1.54) is 12.6 Å². The highest BCUT2D eigenvalue weighted by Gasteiger charge is 2.11. The molecular formula is C15H13N3O2. The lowest BCUT2D eigenvalue weighted by molar-refractivity contribution is 0.604. The van der Waals surface area contributed by atoms with Crippen LogP contribution in [-0.2, 0) is 0 Å². The van der Waals surface area contributed by atoms with E-state index in [1.807, 2.05) is 31.1 Å². The number of nitrogens with zero attached hydrogens (tertiary/aromatic N) is 3. The summed E-state index contributed by atoms with van der Waals surface area (Å²) in [5, 5.41) is 0.551. The fourth-order valence-electron chi connectivity index (χ4n) is 1.99. The van der Waals surface area contributed by atoms with Crippen LogP contribution in [0.3, 0.4) is 0 Å². The molecule has 0 N–H and O–H groups in total. The van der Waals surface area contributed by atoms with Crippen molar-refractivity contribution < 1.29 is 4.42 Å². The minimum Gasteiger partial charge on any atom is -0.463 e. The second-order valence-electron chi connectivity index (χ2n) is 4.63. The molecule has 0 spiro atoms. The van der Waals surface area contributed by atoms with Crippen LogP contribution < -0.4 is 10.3 Å². The van der Waals surface area contributed by atoms with Crippen molar-refractivity contribution in [2.45, 2.75) is 0 Å². The molecule has 0 amide bonds. The van der Waals surface area contributed by atoms with Gasteiger partial charge < -0.3 is 9.32 Å². The third kappa shape index (κ3) is 2.03. The largest absolute Gasteiger partial charge is 0.463 e. The first kappa shape index (κ1) is 12.3. The minimum absolute atomic E-state index is 0.0877. The lowest BCUT2D eigenvalue weighted by Crippen LogP contribution is -2.12. The number of rotatable bonds is 2. The molecule has 1 aromatic carbocycles.